The Balaban J connectivity index is 2.05. The third kappa shape index (κ3) is 5.45. The molecule has 25 heavy (non-hydrogen) atoms. The minimum atomic E-state index is 0.807. The predicted octanol–water partition coefficient (Wildman–Crippen LogP) is 6.63. The van der Waals surface area contributed by atoms with E-state index in [0.29, 0.717) is 0 Å². The lowest BCUT2D eigenvalue weighted by Crippen LogP contribution is -2.10. The Morgan fingerprint density at radius 3 is 2.36 bits per heavy atom. The normalized spacial score (nSPS) is 17.0. The molecule has 0 radical (unpaired) electrons. The third-order valence-electron chi connectivity index (χ3n) is 5.15. The first-order chi connectivity index (χ1) is 12.0. The fraction of sp³-hybridized carbons (Fsp3) is 0.435. The van der Waals surface area contributed by atoms with Gasteiger partial charge in [-0.25, -0.2) is 0 Å². The first kappa shape index (κ1) is 19.2. The summed E-state index contributed by atoms with van der Waals surface area (Å²) in [5.74, 6) is 0.807. The molecule has 1 aromatic carbocycles. The zero-order chi connectivity index (χ0) is 18.2. The van der Waals surface area contributed by atoms with Crippen molar-refractivity contribution in [3.8, 4) is 0 Å². The maximum atomic E-state index is 4.35. The van der Waals surface area contributed by atoms with Crippen molar-refractivity contribution in [2.75, 3.05) is 12.4 Å². The van der Waals surface area contributed by atoms with Crippen LogP contribution in [0.15, 0.2) is 59.8 Å². The van der Waals surface area contributed by atoms with E-state index in [4.69, 9.17) is 0 Å². The van der Waals surface area contributed by atoms with Crippen molar-refractivity contribution in [2.45, 2.75) is 52.4 Å². The molecular weight excluding hydrogens is 304 g/mol. The fourth-order valence-corrected chi connectivity index (χ4v) is 3.65. The van der Waals surface area contributed by atoms with Crippen LogP contribution in [0.4, 0.5) is 5.69 Å². The molecule has 1 saturated carbocycles. The van der Waals surface area contributed by atoms with Crippen molar-refractivity contribution in [1.82, 2.24) is 0 Å². The Kier molecular flexibility index (Phi) is 7.24. The summed E-state index contributed by atoms with van der Waals surface area (Å²) in [5, 5.41) is 3.48. The zero-order valence-electron chi connectivity index (χ0n) is 16.1. The van der Waals surface area contributed by atoms with E-state index < -0.39 is 0 Å². The van der Waals surface area contributed by atoms with Crippen LogP contribution in [0.25, 0.3) is 5.57 Å². The van der Waals surface area contributed by atoms with Crippen LogP contribution in [0.5, 0.6) is 0 Å². The first-order valence-corrected chi connectivity index (χ1v) is 9.37. The van der Waals surface area contributed by atoms with Gasteiger partial charge in [0.05, 0.1) is 0 Å². The van der Waals surface area contributed by atoms with E-state index in [1.54, 1.807) is 0 Å². The molecular formula is C23H32N2. The highest BCUT2D eigenvalue weighted by Gasteiger charge is 2.14. The van der Waals surface area contributed by atoms with Crippen LogP contribution in [0.3, 0.4) is 0 Å². The van der Waals surface area contributed by atoms with Gasteiger partial charge in [-0.05, 0) is 49.5 Å². The van der Waals surface area contributed by atoms with E-state index in [-0.39, 0.29) is 0 Å². The van der Waals surface area contributed by atoms with Crippen molar-refractivity contribution in [1.29, 1.82) is 0 Å². The van der Waals surface area contributed by atoms with E-state index in [1.807, 2.05) is 20.0 Å². The maximum absolute atomic E-state index is 4.35. The van der Waals surface area contributed by atoms with Crippen molar-refractivity contribution in [2.24, 2.45) is 10.9 Å². The molecule has 0 aromatic heterocycles. The lowest BCUT2D eigenvalue weighted by molar-refractivity contribution is 0.357. The Morgan fingerprint density at radius 2 is 1.80 bits per heavy atom. The van der Waals surface area contributed by atoms with Gasteiger partial charge in [-0.2, -0.15) is 0 Å². The Morgan fingerprint density at radius 1 is 1.16 bits per heavy atom. The average Bonchev–Trinajstić information content (AvgIpc) is 2.63. The van der Waals surface area contributed by atoms with Gasteiger partial charge in [-0.15, -0.1) is 0 Å². The summed E-state index contributed by atoms with van der Waals surface area (Å²) < 4.78 is 0. The fourth-order valence-electron chi connectivity index (χ4n) is 3.65. The molecule has 0 bridgehead atoms. The molecule has 0 spiro atoms. The number of benzene rings is 1. The van der Waals surface area contributed by atoms with Gasteiger partial charge in [0.15, 0.2) is 0 Å². The molecule has 0 amide bonds. The molecule has 1 aliphatic rings. The summed E-state index contributed by atoms with van der Waals surface area (Å²) in [7, 11) is 1.83. The van der Waals surface area contributed by atoms with Gasteiger partial charge in [0, 0.05) is 29.7 Å². The highest BCUT2D eigenvalue weighted by Crippen LogP contribution is 2.29. The quantitative estimate of drug-likeness (QED) is 0.438. The smallest absolute Gasteiger partial charge is 0.0394 e. The number of nitrogens with one attached hydrogen (secondary N) is 1. The SMILES string of the molecule is C=C/C(C)=C(\C(C)=NC)c1ccc(NC(=C)CC2CCCCC2)cc1. The minimum Gasteiger partial charge on any atom is -0.359 e. The third-order valence-corrected chi connectivity index (χ3v) is 5.15. The van der Waals surface area contributed by atoms with Gasteiger partial charge in [0.1, 0.15) is 0 Å². The Labute approximate surface area is 153 Å². The lowest BCUT2D eigenvalue weighted by Gasteiger charge is -2.23. The zero-order valence-corrected chi connectivity index (χ0v) is 16.1. The van der Waals surface area contributed by atoms with Crippen LogP contribution in [0.2, 0.25) is 0 Å². The minimum absolute atomic E-state index is 0.807. The molecule has 2 rings (SSSR count). The summed E-state index contributed by atoms with van der Waals surface area (Å²) in [4.78, 5) is 4.35. The summed E-state index contributed by atoms with van der Waals surface area (Å²) in [6, 6.07) is 8.54. The first-order valence-electron chi connectivity index (χ1n) is 9.37. The van der Waals surface area contributed by atoms with Crippen LogP contribution < -0.4 is 5.32 Å². The van der Waals surface area contributed by atoms with E-state index in [9.17, 15) is 0 Å². The predicted molar refractivity (Wildman–Crippen MR) is 112 cm³/mol. The molecule has 0 unspecified atom stereocenters. The lowest BCUT2D eigenvalue weighted by atomic mass is 9.86. The number of hydrogen-bond donors (Lipinski definition) is 1. The molecule has 2 heteroatoms. The topological polar surface area (TPSA) is 24.4 Å². The van der Waals surface area contributed by atoms with Crippen molar-refractivity contribution in [3.63, 3.8) is 0 Å². The summed E-state index contributed by atoms with van der Waals surface area (Å²) in [5.41, 5.74) is 6.73. The molecule has 0 saturated heterocycles. The number of rotatable bonds is 7. The van der Waals surface area contributed by atoms with Crippen LogP contribution in [-0.4, -0.2) is 12.8 Å². The van der Waals surface area contributed by atoms with E-state index in [1.165, 1.54) is 37.7 Å². The van der Waals surface area contributed by atoms with E-state index in [0.717, 1.165) is 40.6 Å². The monoisotopic (exact) mass is 336 g/mol. The van der Waals surface area contributed by atoms with Crippen LogP contribution in [0, 0.1) is 5.92 Å². The number of aliphatic imine (C=N–C) groups is 1. The Bertz CT molecular complexity index is 656. The molecule has 1 fully saturated rings. The van der Waals surface area contributed by atoms with Crippen LogP contribution >= 0.6 is 0 Å². The second-order valence-corrected chi connectivity index (χ2v) is 7.09. The maximum Gasteiger partial charge on any atom is 0.0394 e. The Hall–Kier alpha value is -2.09. The largest absolute Gasteiger partial charge is 0.359 e. The number of nitrogens with zero attached hydrogens (tertiary/aromatic N) is 1. The van der Waals surface area contributed by atoms with Gasteiger partial charge in [-0.3, -0.25) is 4.99 Å². The number of anilines is 1. The summed E-state index contributed by atoms with van der Waals surface area (Å²) in [6.45, 7) is 12.3. The number of hydrogen-bond acceptors (Lipinski definition) is 2. The molecule has 2 nitrogen and oxygen atoms in total. The van der Waals surface area contributed by atoms with Gasteiger partial charge in [-0.1, -0.05) is 63.5 Å². The molecule has 0 aliphatic heterocycles. The highest BCUT2D eigenvalue weighted by molar-refractivity contribution is 6.23. The van der Waals surface area contributed by atoms with E-state index in [2.05, 4.69) is 54.7 Å². The summed E-state index contributed by atoms with van der Waals surface area (Å²) >= 11 is 0. The van der Waals surface area contributed by atoms with Crippen molar-refractivity contribution < 1.29 is 0 Å². The molecule has 134 valence electrons. The second kappa shape index (κ2) is 9.41. The molecule has 1 aliphatic carbocycles. The molecule has 0 heterocycles. The van der Waals surface area contributed by atoms with E-state index >= 15 is 0 Å². The number of allylic oxidation sites excluding steroid dienone is 4. The van der Waals surface area contributed by atoms with Gasteiger partial charge >= 0.3 is 0 Å². The standard InChI is InChI=1S/C23H32N2/c1-6-17(2)23(19(4)24-5)21-12-14-22(15-13-21)25-18(3)16-20-10-8-7-9-11-20/h6,12-15,20,25H,1,3,7-11,16H2,2,4-5H3/b23-17+,24-19?. The summed E-state index contributed by atoms with van der Waals surface area (Å²) in [6.07, 6.45) is 9.84. The van der Waals surface area contributed by atoms with Crippen molar-refractivity contribution in [3.05, 3.63) is 60.3 Å². The van der Waals surface area contributed by atoms with Gasteiger partial charge < -0.3 is 5.32 Å². The second-order valence-electron chi connectivity index (χ2n) is 7.09. The molecule has 1 N–H and O–H groups in total. The van der Waals surface area contributed by atoms with Gasteiger partial charge in [0.25, 0.3) is 0 Å². The van der Waals surface area contributed by atoms with Crippen LogP contribution in [0.1, 0.15) is 57.9 Å². The van der Waals surface area contributed by atoms with Crippen LogP contribution in [-0.2, 0) is 0 Å². The average molecular weight is 337 g/mol. The van der Waals surface area contributed by atoms with Crippen molar-refractivity contribution >= 4 is 17.0 Å². The highest BCUT2D eigenvalue weighted by atomic mass is 14.9. The van der Waals surface area contributed by atoms with Gasteiger partial charge in [0.2, 0.25) is 0 Å². The molecule has 1 aromatic rings. The molecule has 0 atom stereocenters.